The minimum atomic E-state index is -0.0618. The molecule has 176 valence electrons. The van der Waals surface area contributed by atoms with Gasteiger partial charge in [0.2, 0.25) is 0 Å². The van der Waals surface area contributed by atoms with Crippen LogP contribution >= 0.6 is 34.4 Å². The molecule has 0 N–H and O–H groups in total. The molecule has 6 nitrogen and oxygen atoms in total. The number of benzene rings is 3. The molecule has 0 spiro atoms. The summed E-state index contributed by atoms with van der Waals surface area (Å²) in [4.78, 5) is 20.0. The molecule has 1 amide bonds. The number of carbonyl (C=O) groups excluding carboxylic acids is 1. The molecular formula is C27H22IN3O3S. The Balaban J connectivity index is 1.51. The number of methoxy groups -OCH3 is 1. The summed E-state index contributed by atoms with van der Waals surface area (Å²) in [6.07, 6.45) is 1.88. The minimum absolute atomic E-state index is 0.0618. The molecule has 0 unspecified atom stereocenters. The van der Waals surface area contributed by atoms with Gasteiger partial charge in [0.15, 0.2) is 5.17 Å². The van der Waals surface area contributed by atoms with Gasteiger partial charge in [0.1, 0.15) is 18.1 Å². The number of ether oxygens (including phenoxy) is 2. The lowest BCUT2D eigenvalue weighted by Gasteiger charge is -2.12. The lowest BCUT2D eigenvalue weighted by molar-refractivity contribution is -0.122. The molecule has 0 atom stereocenters. The molecule has 3 aromatic rings. The predicted octanol–water partition coefficient (Wildman–Crippen LogP) is 6.37. The molecular weight excluding hydrogens is 573 g/mol. The first kappa shape index (κ1) is 24.8. The molecule has 1 fully saturated rings. The normalized spacial score (nSPS) is 15.5. The van der Waals surface area contributed by atoms with Crippen LogP contribution in [0.3, 0.4) is 0 Å². The Morgan fingerprint density at radius 1 is 1.14 bits per heavy atom. The fourth-order valence-corrected chi connectivity index (χ4v) is 5.18. The number of hydrogen-bond acceptors (Lipinski definition) is 6. The third-order valence-electron chi connectivity index (χ3n) is 5.28. The number of likely N-dealkylation sites (N-methyl/N-ethyl adjacent to an activating group) is 1. The zero-order valence-corrected chi connectivity index (χ0v) is 22.2. The van der Waals surface area contributed by atoms with Crippen LogP contribution in [0.2, 0.25) is 0 Å². The fourth-order valence-electron chi connectivity index (χ4n) is 3.42. The fraction of sp³-hybridized carbons (Fsp3) is 0.148. The van der Waals surface area contributed by atoms with E-state index < -0.39 is 0 Å². The Labute approximate surface area is 222 Å². The van der Waals surface area contributed by atoms with Gasteiger partial charge in [-0.2, -0.15) is 5.26 Å². The van der Waals surface area contributed by atoms with Crippen molar-refractivity contribution >= 4 is 57.2 Å². The van der Waals surface area contributed by atoms with Gasteiger partial charge in [0.05, 0.1) is 32.9 Å². The summed E-state index contributed by atoms with van der Waals surface area (Å²) in [5.74, 6) is 1.42. The van der Waals surface area contributed by atoms with Crippen molar-refractivity contribution in [3.8, 4) is 17.6 Å². The van der Waals surface area contributed by atoms with Crippen molar-refractivity contribution in [2.75, 3.05) is 13.7 Å². The maximum absolute atomic E-state index is 13.0. The first-order valence-corrected chi connectivity index (χ1v) is 12.8. The van der Waals surface area contributed by atoms with Crippen molar-refractivity contribution in [2.45, 2.75) is 13.5 Å². The minimum Gasteiger partial charge on any atom is -0.497 e. The predicted molar refractivity (Wildman–Crippen MR) is 148 cm³/mol. The molecule has 3 aromatic carbocycles. The van der Waals surface area contributed by atoms with Gasteiger partial charge in [-0.1, -0.05) is 24.3 Å². The van der Waals surface area contributed by atoms with E-state index in [0.29, 0.717) is 28.8 Å². The molecule has 1 heterocycles. The summed E-state index contributed by atoms with van der Waals surface area (Å²) >= 11 is 3.58. The average Bonchev–Trinajstić information content (AvgIpc) is 3.17. The average molecular weight is 595 g/mol. The largest absolute Gasteiger partial charge is 0.497 e. The second-order valence-electron chi connectivity index (χ2n) is 7.50. The van der Waals surface area contributed by atoms with E-state index in [2.05, 4.69) is 33.7 Å². The highest BCUT2D eigenvalue weighted by Gasteiger charge is 2.32. The Morgan fingerprint density at radius 3 is 2.60 bits per heavy atom. The Kier molecular flexibility index (Phi) is 8.10. The number of rotatable bonds is 7. The molecule has 1 aliphatic heterocycles. The quantitative estimate of drug-likeness (QED) is 0.234. The number of amidine groups is 1. The highest BCUT2D eigenvalue weighted by atomic mass is 127. The lowest BCUT2D eigenvalue weighted by atomic mass is 10.1. The molecule has 0 radical (unpaired) electrons. The molecule has 4 rings (SSSR count). The van der Waals surface area contributed by atoms with E-state index in [0.717, 1.165) is 31.9 Å². The second-order valence-corrected chi connectivity index (χ2v) is 9.67. The van der Waals surface area contributed by atoms with E-state index in [4.69, 9.17) is 9.47 Å². The molecule has 1 saturated heterocycles. The molecule has 0 bridgehead atoms. The van der Waals surface area contributed by atoms with Gasteiger partial charge in [-0.3, -0.25) is 9.69 Å². The van der Waals surface area contributed by atoms with E-state index in [-0.39, 0.29) is 5.91 Å². The van der Waals surface area contributed by atoms with Gasteiger partial charge in [-0.15, -0.1) is 0 Å². The molecule has 0 aliphatic carbocycles. The summed E-state index contributed by atoms with van der Waals surface area (Å²) in [5.41, 5.74) is 3.10. The number of aliphatic imine (C=N–C) groups is 1. The van der Waals surface area contributed by atoms with Crippen LogP contribution < -0.4 is 9.47 Å². The SMILES string of the molecule is CCN1C(=O)/C(=C\c2ccc(OCc3ccccc3C#N)c(I)c2)SC1=Nc1ccc(OC)cc1. The maximum atomic E-state index is 13.0. The van der Waals surface area contributed by atoms with Crippen molar-refractivity contribution in [2.24, 2.45) is 4.99 Å². The van der Waals surface area contributed by atoms with Crippen LogP contribution in [-0.4, -0.2) is 29.6 Å². The van der Waals surface area contributed by atoms with Gasteiger partial charge < -0.3 is 9.47 Å². The van der Waals surface area contributed by atoms with Crippen molar-refractivity contribution in [1.82, 2.24) is 4.90 Å². The van der Waals surface area contributed by atoms with Crippen LogP contribution in [0.4, 0.5) is 5.69 Å². The molecule has 35 heavy (non-hydrogen) atoms. The summed E-state index contributed by atoms with van der Waals surface area (Å²) in [7, 11) is 1.62. The smallest absolute Gasteiger partial charge is 0.266 e. The highest BCUT2D eigenvalue weighted by Crippen LogP contribution is 2.35. The van der Waals surface area contributed by atoms with Crippen LogP contribution in [0.1, 0.15) is 23.6 Å². The summed E-state index contributed by atoms with van der Waals surface area (Å²) in [6.45, 7) is 2.78. The number of nitrogens with zero attached hydrogens (tertiary/aromatic N) is 3. The van der Waals surface area contributed by atoms with Crippen molar-refractivity contribution < 1.29 is 14.3 Å². The van der Waals surface area contributed by atoms with Crippen LogP contribution in [0.5, 0.6) is 11.5 Å². The van der Waals surface area contributed by atoms with E-state index >= 15 is 0 Å². The standard InChI is InChI=1S/C27H22IN3O3S/c1-3-31-26(32)25(35-27(31)30-21-9-11-22(33-2)12-10-21)15-18-8-13-24(23(28)14-18)34-17-20-7-5-4-6-19(20)16-29/h4-15H,3,17H2,1-2H3/b25-15+,30-27?. The van der Waals surface area contributed by atoms with Gasteiger partial charge >= 0.3 is 0 Å². The van der Waals surface area contributed by atoms with Gasteiger partial charge in [0, 0.05) is 12.1 Å². The monoisotopic (exact) mass is 595 g/mol. The third-order valence-corrected chi connectivity index (χ3v) is 7.13. The number of carbonyl (C=O) groups is 1. The van der Waals surface area contributed by atoms with E-state index in [1.165, 1.54) is 11.8 Å². The maximum Gasteiger partial charge on any atom is 0.266 e. The van der Waals surface area contributed by atoms with E-state index in [9.17, 15) is 10.1 Å². The van der Waals surface area contributed by atoms with Gasteiger partial charge in [-0.25, -0.2) is 4.99 Å². The first-order valence-electron chi connectivity index (χ1n) is 10.9. The molecule has 0 saturated carbocycles. The second kappa shape index (κ2) is 11.4. The summed E-state index contributed by atoms with van der Waals surface area (Å²) in [6, 6.07) is 22.8. The number of thioether (sulfide) groups is 1. The summed E-state index contributed by atoms with van der Waals surface area (Å²) in [5, 5.41) is 9.92. The lowest BCUT2D eigenvalue weighted by Crippen LogP contribution is -2.28. The van der Waals surface area contributed by atoms with Crippen molar-refractivity contribution in [3.63, 3.8) is 0 Å². The van der Waals surface area contributed by atoms with Crippen LogP contribution in [0, 0.1) is 14.9 Å². The number of amides is 1. The third kappa shape index (κ3) is 5.86. The van der Waals surface area contributed by atoms with Crippen LogP contribution in [-0.2, 0) is 11.4 Å². The Hall–Kier alpha value is -3.29. The number of halogens is 1. The van der Waals surface area contributed by atoms with E-state index in [1.807, 2.05) is 73.7 Å². The molecule has 8 heteroatoms. The van der Waals surface area contributed by atoms with E-state index in [1.54, 1.807) is 18.1 Å². The van der Waals surface area contributed by atoms with Crippen LogP contribution in [0.25, 0.3) is 6.08 Å². The summed E-state index contributed by atoms with van der Waals surface area (Å²) < 4.78 is 12.1. The zero-order chi connectivity index (χ0) is 24.8. The Morgan fingerprint density at radius 2 is 1.91 bits per heavy atom. The first-order chi connectivity index (χ1) is 17.0. The number of nitriles is 1. The van der Waals surface area contributed by atoms with Gasteiger partial charge in [0.25, 0.3) is 5.91 Å². The topological polar surface area (TPSA) is 74.9 Å². The van der Waals surface area contributed by atoms with Gasteiger partial charge in [-0.05, 0) is 95.4 Å². The molecule has 1 aliphatic rings. The zero-order valence-electron chi connectivity index (χ0n) is 19.2. The molecule has 0 aromatic heterocycles. The Bertz CT molecular complexity index is 1350. The number of hydrogen-bond donors (Lipinski definition) is 0. The van der Waals surface area contributed by atoms with Crippen LogP contribution in [0.15, 0.2) is 76.6 Å². The van der Waals surface area contributed by atoms with Crippen molar-refractivity contribution in [3.05, 3.63) is 91.9 Å². The van der Waals surface area contributed by atoms with Crippen molar-refractivity contribution in [1.29, 1.82) is 5.26 Å². The highest BCUT2D eigenvalue weighted by molar-refractivity contribution is 14.1.